The lowest BCUT2D eigenvalue weighted by Crippen LogP contribution is -2.43. The number of ketones is 1. The van der Waals surface area contributed by atoms with Gasteiger partial charge in [-0.3, -0.25) is 4.79 Å². The van der Waals surface area contributed by atoms with Crippen molar-refractivity contribution in [2.24, 2.45) is 5.92 Å². The molecule has 0 amide bonds. The fraction of sp³-hybridized carbons (Fsp3) is 0.471. The molecule has 1 aromatic carbocycles. The van der Waals surface area contributed by atoms with Crippen LogP contribution in [0.2, 0.25) is 0 Å². The highest BCUT2D eigenvalue weighted by Gasteiger charge is 2.55. The van der Waals surface area contributed by atoms with Gasteiger partial charge in [0.1, 0.15) is 11.5 Å². The van der Waals surface area contributed by atoms with Gasteiger partial charge < -0.3 is 4.74 Å². The first-order chi connectivity index (χ1) is 9.25. The Labute approximate surface area is 113 Å². The molecule has 2 heteroatoms. The van der Waals surface area contributed by atoms with E-state index in [9.17, 15) is 4.79 Å². The zero-order valence-electron chi connectivity index (χ0n) is 11.2. The third-order valence-corrected chi connectivity index (χ3v) is 5.34. The van der Waals surface area contributed by atoms with Crippen LogP contribution in [0.3, 0.4) is 0 Å². The fourth-order valence-corrected chi connectivity index (χ4v) is 4.50. The van der Waals surface area contributed by atoms with Gasteiger partial charge in [-0.1, -0.05) is 23.8 Å². The molecule has 1 fully saturated rings. The molecular weight excluding hydrogens is 236 g/mol. The Hall–Kier alpha value is -1.57. The van der Waals surface area contributed by atoms with Crippen LogP contribution in [-0.4, -0.2) is 12.9 Å². The van der Waals surface area contributed by atoms with Crippen molar-refractivity contribution in [1.29, 1.82) is 0 Å². The molecule has 3 aliphatic rings. The van der Waals surface area contributed by atoms with E-state index in [0.717, 1.165) is 31.4 Å². The summed E-state index contributed by atoms with van der Waals surface area (Å²) in [5.41, 5.74) is 3.81. The first-order valence-corrected chi connectivity index (χ1v) is 7.13. The number of rotatable bonds is 1. The molecule has 0 radical (unpaired) electrons. The molecule has 2 bridgehead atoms. The van der Waals surface area contributed by atoms with E-state index in [1.54, 1.807) is 7.11 Å². The summed E-state index contributed by atoms with van der Waals surface area (Å²) < 4.78 is 5.50. The molecule has 0 saturated heterocycles. The zero-order chi connectivity index (χ0) is 13.0. The highest BCUT2D eigenvalue weighted by atomic mass is 16.5. The van der Waals surface area contributed by atoms with E-state index >= 15 is 0 Å². The SMILES string of the molecule is COc1cccc2c1CCC(=O)C21CC2=CCC1C2. The van der Waals surface area contributed by atoms with Crippen molar-refractivity contribution in [2.75, 3.05) is 7.11 Å². The largest absolute Gasteiger partial charge is 0.496 e. The first-order valence-electron chi connectivity index (χ1n) is 7.13. The van der Waals surface area contributed by atoms with Crippen LogP contribution in [0.1, 0.15) is 36.8 Å². The monoisotopic (exact) mass is 254 g/mol. The van der Waals surface area contributed by atoms with Crippen molar-refractivity contribution in [3.63, 3.8) is 0 Å². The lowest BCUT2D eigenvalue weighted by atomic mass is 9.61. The average molecular weight is 254 g/mol. The highest BCUT2D eigenvalue weighted by molar-refractivity contribution is 5.94. The lowest BCUT2D eigenvalue weighted by Gasteiger charge is -2.40. The molecule has 1 aromatic rings. The number of methoxy groups -OCH3 is 1. The van der Waals surface area contributed by atoms with Crippen LogP contribution in [0.25, 0.3) is 0 Å². The molecule has 0 aromatic heterocycles. The van der Waals surface area contributed by atoms with Gasteiger partial charge in [0.15, 0.2) is 0 Å². The summed E-state index contributed by atoms with van der Waals surface area (Å²) in [6.45, 7) is 0. The van der Waals surface area contributed by atoms with Gasteiger partial charge >= 0.3 is 0 Å². The van der Waals surface area contributed by atoms with E-state index in [-0.39, 0.29) is 5.41 Å². The van der Waals surface area contributed by atoms with Gasteiger partial charge in [0, 0.05) is 6.42 Å². The van der Waals surface area contributed by atoms with Crippen molar-refractivity contribution in [3.05, 3.63) is 41.0 Å². The van der Waals surface area contributed by atoms with E-state index in [1.165, 1.54) is 16.7 Å². The lowest BCUT2D eigenvalue weighted by molar-refractivity contribution is -0.126. The standard InChI is InChI=1S/C17H18O2/c1-19-15-4-2-3-14-13(15)7-8-16(18)17(14)10-11-5-6-12(17)9-11/h2-5,12H,6-10H2,1H3. The van der Waals surface area contributed by atoms with Crippen molar-refractivity contribution in [1.82, 2.24) is 0 Å². The second kappa shape index (κ2) is 3.72. The van der Waals surface area contributed by atoms with Crippen LogP contribution in [-0.2, 0) is 16.6 Å². The predicted octanol–water partition coefficient (Wildman–Crippen LogP) is 3.19. The quantitative estimate of drug-likeness (QED) is 0.719. The maximum atomic E-state index is 12.7. The molecule has 2 unspecified atom stereocenters. The molecule has 2 atom stereocenters. The van der Waals surface area contributed by atoms with E-state index in [4.69, 9.17) is 4.74 Å². The predicted molar refractivity (Wildman–Crippen MR) is 73.4 cm³/mol. The number of carbonyl (C=O) groups is 1. The molecule has 4 rings (SSSR count). The van der Waals surface area contributed by atoms with Crippen LogP contribution < -0.4 is 4.74 Å². The van der Waals surface area contributed by atoms with Crippen LogP contribution >= 0.6 is 0 Å². The van der Waals surface area contributed by atoms with E-state index in [2.05, 4.69) is 12.1 Å². The van der Waals surface area contributed by atoms with E-state index in [0.29, 0.717) is 18.1 Å². The number of ether oxygens (including phenoxy) is 1. The summed E-state index contributed by atoms with van der Waals surface area (Å²) in [6, 6.07) is 6.23. The van der Waals surface area contributed by atoms with Crippen molar-refractivity contribution < 1.29 is 9.53 Å². The molecule has 19 heavy (non-hydrogen) atoms. The summed E-state index contributed by atoms with van der Waals surface area (Å²) in [5, 5.41) is 0. The summed E-state index contributed by atoms with van der Waals surface area (Å²) in [7, 11) is 1.72. The molecule has 98 valence electrons. The van der Waals surface area contributed by atoms with Crippen molar-refractivity contribution >= 4 is 5.78 Å². The van der Waals surface area contributed by atoms with Gasteiger partial charge in [-0.05, 0) is 48.8 Å². The van der Waals surface area contributed by atoms with Crippen LogP contribution in [0.15, 0.2) is 29.8 Å². The Morgan fingerprint density at radius 2 is 2.21 bits per heavy atom. The van der Waals surface area contributed by atoms with Gasteiger partial charge in [-0.15, -0.1) is 0 Å². The second-order valence-corrected chi connectivity index (χ2v) is 6.06. The third-order valence-electron chi connectivity index (χ3n) is 5.34. The Morgan fingerprint density at radius 1 is 1.32 bits per heavy atom. The van der Waals surface area contributed by atoms with Gasteiger partial charge in [-0.25, -0.2) is 0 Å². The van der Waals surface area contributed by atoms with Crippen LogP contribution in [0, 0.1) is 5.92 Å². The minimum absolute atomic E-state index is 0.216. The minimum Gasteiger partial charge on any atom is -0.496 e. The number of carbonyl (C=O) groups excluding carboxylic acids is 1. The van der Waals surface area contributed by atoms with E-state index in [1.807, 2.05) is 12.1 Å². The number of benzene rings is 1. The molecule has 1 spiro atoms. The van der Waals surface area contributed by atoms with Crippen molar-refractivity contribution in [3.8, 4) is 5.75 Å². The smallest absolute Gasteiger partial charge is 0.144 e. The Balaban J connectivity index is 1.95. The Kier molecular flexibility index (Phi) is 2.21. The Bertz CT molecular complexity index is 599. The van der Waals surface area contributed by atoms with Crippen molar-refractivity contribution in [2.45, 2.75) is 37.5 Å². The van der Waals surface area contributed by atoms with Crippen LogP contribution in [0.4, 0.5) is 0 Å². The van der Waals surface area contributed by atoms with Crippen LogP contribution in [0.5, 0.6) is 5.75 Å². The maximum absolute atomic E-state index is 12.7. The zero-order valence-corrected chi connectivity index (χ0v) is 11.2. The second-order valence-electron chi connectivity index (χ2n) is 6.06. The van der Waals surface area contributed by atoms with Gasteiger partial charge in [0.25, 0.3) is 0 Å². The Morgan fingerprint density at radius 3 is 2.89 bits per heavy atom. The molecule has 0 N–H and O–H groups in total. The molecule has 1 saturated carbocycles. The van der Waals surface area contributed by atoms with Gasteiger partial charge in [0.2, 0.25) is 0 Å². The average Bonchev–Trinajstić information content (AvgIpc) is 3.04. The number of allylic oxidation sites excluding steroid dienone is 2. The number of fused-ring (bicyclic) bond motifs is 5. The maximum Gasteiger partial charge on any atom is 0.144 e. The highest BCUT2D eigenvalue weighted by Crippen LogP contribution is 2.57. The molecule has 0 aliphatic heterocycles. The number of hydrogen-bond donors (Lipinski definition) is 0. The van der Waals surface area contributed by atoms with Gasteiger partial charge in [0.05, 0.1) is 12.5 Å². The molecule has 3 aliphatic carbocycles. The molecular formula is C17H18O2. The first kappa shape index (κ1) is 11.3. The van der Waals surface area contributed by atoms with E-state index < -0.39 is 0 Å². The summed E-state index contributed by atoms with van der Waals surface area (Å²) >= 11 is 0. The summed E-state index contributed by atoms with van der Waals surface area (Å²) in [5.74, 6) is 1.92. The summed E-state index contributed by atoms with van der Waals surface area (Å²) in [4.78, 5) is 12.7. The number of hydrogen-bond acceptors (Lipinski definition) is 2. The number of Topliss-reactive ketones (excluding diaryl/α,β-unsaturated/α-hetero) is 1. The fourth-order valence-electron chi connectivity index (χ4n) is 4.50. The normalized spacial score (nSPS) is 31.5. The molecule has 2 nitrogen and oxygen atoms in total. The topological polar surface area (TPSA) is 26.3 Å². The summed E-state index contributed by atoms with van der Waals surface area (Å²) in [6.07, 6.45) is 7.03. The molecule has 0 heterocycles. The van der Waals surface area contributed by atoms with Gasteiger partial charge in [-0.2, -0.15) is 0 Å². The minimum atomic E-state index is -0.216. The third kappa shape index (κ3) is 1.29.